The molecule has 0 spiro atoms. The van der Waals surface area contributed by atoms with Gasteiger partial charge in [0, 0.05) is 13.0 Å². The minimum Gasteiger partial charge on any atom is -0.481 e. The van der Waals surface area contributed by atoms with Crippen molar-refractivity contribution < 1.29 is 19.6 Å². The molecule has 84 valence electrons. The molecule has 1 aliphatic heterocycles. The number of aliphatic carboxylic acids is 1. The van der Waals surface area contributed by atoms with Gasteiger partial charge in [0.1, 0.15) is 25.6 Å². The van der Waals surface area contributed by atoms with Gasteiger partial charge in [-0.3, -0.25) is 14.7 Å². The Morgan fingerprint density at radius 2 is 2.47 bits per heavy atom. The molecular formula is C10H17N2O3+. The first-order valence-electron chi connectivity index (χ1n) is 4.99. The number of nitrogens with zero attached hydrogens (tertiary/aromatic N) is 1. The summed E-state index contributed by atoms with van der Waals surface area (Å²) in [5, 5.41) is 20.6. The predicted molar refractivity (Wildman–Crippen MR) is 56.1 cm³/mol. The quantitative estimate of drug-likeness (QED) is 0.407. The van der Waals surface area contributed by atoms with Crippen LogP contribution in [0, 0.1) is 0 Å². The van der Waals surface area contributed by atoms with E-state index in [1.165, 1.54) is 0 Å². The van der Waals surface area contributed by atoms with Gasteiger partial charge in [-0.25, -0.2) is 0 Å². The van der Waals surface area contributed by atoms with Crippen molar-refractivity contribution in [3.63, 3.8) is 0 Å². The fourth-order valence-corrected chi connectivity index (χ4v) is 1.78. The van der Waals surface area contributed by atoms with Crippen molar-refractivity contribution >= 4 is 11.8 Å². The number of nitrogens with one attached hydrogen (secondary N) is 1. The zero-order chi connectivity index (χ0) is 11.3. The highest BCUT2D eigenvalue weighted by Crippen LogP contribution is 2.05. The van der Waals surface area contributed by atoms with Crippen LogP contribution in [0.5, 0.6) is 0 Å². The van der Waals surface area contributed by atoms with Crippen molar-refractivity contribution in [3.8, 4) is 0 Å². The molecule has 0 aromatic rings. The minimum atomic E-state index is -0.851. The monoisotopic (exact) mass is 213 g/mol. The Balaban J connectivity index is 2.76. The van der Waals surface area contributed by atoms with Gasteiger partial charge < -0.3 is 10.2 Å². The first kappa shape index (κ1) is 11.7. The van der Waals surface area contributed by atoms with Crippen molar-refractivity contribution in [1.29, 1.82) is 0 Å². The molecule has 3 N–H and O–H groups in total. The fourth-order valence-electron chi connectivity index (χ4n) is 1.78. The Morgan fingerprint density at radius 1 is 1.73 bits per heavy atom. The highest BCUT2D eigenvalue weighted by atomic mass is 16.4. The van der Waals surface area contributed by atoms with Crippen molar-refractivity contribution in [3.05, 3.63) is 12.7 Å². The van der Waals surface area contributed by atoms with Crippen molar-refractivity contribution in [2.24, 2.45) is 0 Å². The molecule has 5 nitrogen and oxygen atoms in total. The number of amidine groups is 1. The number of hydrogen-bond donors (Lipinski definition) is 3. The van der Waals surface area contributed by atoms with Gasteiger partial charge in [-0.15, -0.1) is 0 Å². The van der Waals surface area contributed by atoms with Crippen molar-refractivity contribution in [2.75, 3.05) is 19.7 Å². The molecule has 1 rings (SSSR count). The molecule has 0 bridgehead atoms. The first-order valence-corrected chi connectivity index (χ1v) is 4.99. The van der Waals surface area contributed by atoms with Crippen LogP contribution in [0.4, 0.5) is 0 Å². The van der Waals surface area contributed by atoms with Gasteiger partial charge in [0.15, 0.2) is 0 Å². The molecule has 0 saturated heterocycles. The number of rotatable bonds is 6. The SMILES string of the molecule is C=CC[N+]1=C(CC(=O)O)NCC1CCO. The maximum Gasteiger partial charge on any atom is 0.315 e. The molecule has 1 unspecified atom stereocenters. The Labute approximate surface area is 88.7 Å². The van der Waals surface area contributed by atoms with E-state index in [2.05, 4.69) is 11.9 Å². The highest BCUT2D eigenvalue weighted by Gasteiger charge is 2.31. The maximum atomic E-state index is 10.6. The van der Waals surface area contributed by atoms with Crippen LogP contribution in [0.25, 0.3) is 0 Å². The Morgan fingerprint density at radius 3 is 3.00 bits per heavy atom. The minimum absolute atomic E-state index is 0.00420. The number of carbonyl (C=O) groups is 1. The molecule has 0 radical (unpaired) electrons. The van der Waals surface area contributed by atoms with E-state index in [4.69, 9.17) is 10.2 Å². The predicted octanol–water partition coefficient (Wildman–Crippen LogP) is -0.588. The topological polar surface area (TPSA) is 72.6 Å². The maximum absolute atomic E-state index is 10.6. The van der Waals surface area contributed by atoms with E-state index in [1.54, 1.807) is 6.08 Å². The standard InChI is InChI=1S/C10H16N2O3/c1-2-4-12-8(3-5-13)7-11-9(12)6-10(14)15/h2,8,13H,1,3-7H2,(H,14,15)/p+1. The largest absolute Gasteiger partial charge is 0.481 e. The van der Waals surface area contributed by atoms with Crippen molar-refractivity contribution in [2.45, 2.75) is 18.9 Å². The zero-order valence-electron chi connectivity index (χ0n) is 8.65. The van der Waals surface area contributed by atoms with Crippen LogP contribution in [0.3, 0.4) is 0 Å². The lowest BCUT2D eigenvalue weighted by Gasteiger charge is -2.09. The van der Waals surface area contributed by atoms with Crippen LogP contribution in [0.15, 0.2) is 12.7 Å². The molecular weight excluding hydrogens is 196 g/mol. The summed E-state index contributed by atoms with van der Waals surface area (Å²) in [6, 6.07) is 0.169. The Bertz CT molecular complexity index is 286. The molecule has 5 heteroatoms. The van der Waals surface area contributed by atoms with E-state index >= 15 is 0 Å². The molecule has 15 heavy (non-hydrogen) atoms. The zero-order valence-corrected chi connectivity index (χ0v) is 8.65. The molecule has 0 amide bonds. The van der Waals surface area contributed by atoms with Gasteiger partial charge in [0.25, 0.3) is 5.84 Å². The van der Waals surface area contributed by atoms with Gasteiger partial charge in [0.2, 0.25) is 0 Å². The van der Waals surface area contributed by atoms with Gasteiger partial charge in [0.05, 0.1) is 0 Å². The second kappa shape index (κ2) is 5.50. The average Bonchev–Trinajstić information content (AvgIpc) is 2.51. The summed E-state index contributed by atoms with van der Waals surface area (Å²) in [6.07, 6.45) is 2.37. The summed E-state index contributed by atoms with van der Waals surface area (Å²) < 4.78 is 1.96. The van der Waals surface area contributed by atoms with E-state index in [0.29, 0.717) is 25.3 Å². The third-order valence-corrected chi connectivity index (χ3v) is 2.44. The number of hydrogen-bond acceptors (Lipinski definition) is 3. The lowest BCUT2D eigenvalue weighted by atomic mass is 10.2. The number of carboxylic acids is 1. The van der Waals surface area contributed by atoms with Gasteiger partial charge >= 0.3 is 5.97 Å². The van der Waals surface area contributed by atoms with Crippen LogP contribution < -0.4 is 5.32 Å². The molecule has 0 saturated carbocycles. The van der Waals surface area contributed by atoms with E-state index < -0.39 is 5.97 Å². The van der Waals surface area contributed by atoms with Crippen LogP contribution in [-0.2, 0) is 4.79 Å². The van der Waals surface area contributed by atoms with Gasteiger partial charge in [-0.05, 0) is 0 Å². The van der Waals surface area contributed by atoms with Crippen LogP contribution in [-0.4, -0.2) is 52.3 Å². The van der Waals surface area contributed by atoms with E-state index in [-0.39, 0.29) is 19.1 Å². The molecule has 0 aliphatic carbocycles. The summed E-state index contributed by atoms with van der Waals surface area (Å²) in [4.78, 5) is 10.6. The average molecular weight is 213 g/mol. The van der Waals surface area contributed by atoms with E-state index in [0.717, 1.165) is 0 Å². The Hall–Kier alpha value is -1.36. The first-order chi connectivity index (χ1) is 7.19. The molecule has 0 aromatic heterocycles. The lowest BCUT2D eigenvalue weighted by molar-refractivity contribution is -0.548. The van der Waals surface area contributed by atoms with Crippen molar-refractivity contribution in [1.82, 2.24) is 5.32 Å². The Kier molecular flexibility index (Phi) is 4.30. The fraction of sp³-hybridized carbons (Fsp3) is 0.600. The molecule has 0 aromatic carbocycles. The van der Waals surface area contributed by atoms with Gasteiger partial charge in [-0.1, -0.05) is 12.7 Å². The summed E-state index contributed by atoms with van der Waals surface area (Å²) >= 11 is 0. The van der Waals surface area contributed by atoms with E-state index in [9.17, 15) is 4.79 Å². The summed E-state index contributed by atoms with van der Waals surface area (Å²) in [5.74, 6) is -0.142. The molecule has 1 heterocycles. The lowest BCUT2D eigenvalue weighted by Crippen LogP contribution is -2.28. The molecule has 0 fully saturated rings. The third-order valence-electron chi connectivity index (χ3n) is 2.44. The van der Waals surface area contributed by atoms with E-state index in [1.807, 2.05) is 4.58 Å². The van der Waals surface area contributed by atoms with Gasteiger partial charge in [-0.2, -0.15) is 0 Å². The highest BCUT2D eigenvalue weighted by molar-refractivity contribution is 5.94. The number of aliphatic hydroxyl groups is 1. The third kappa shape index (κ3) is 3.06. The smallest absolute Gasteiger partial charge is 0.315 e. The summed E-state index contributed by atoms with van der Waals surface area (Å²) in [7, 11) is 0. The molecule has 1 atom stereocenters. The second-order valence-corrected chi connectivity index (χ2v) is 3.51. The molecule has 1 aliphatic rings. The number of aliphatic hydroxyl groups excluding tert-OH is 1. The van der Waals surface area contributed by atoms with Crippen LogP contribution in [0.2, 0.25) is 0 Å². The van der Waals surface area contributed by atoms with Crippen LogP contribution in [0.1, 0.15) is 12.8 Å². The number of carboxylic acid groups (broad SMARTS) is 1. The summed E-state index contributed by atoms with van der Waals surface area (Å²) in [6.45, 7) is 5.05. The summed E-state index contributed by atoms with van der Waals surface area (Å²) in [5.41, 5.74) is 0. The van der Waals surface area contributed by atoms with Crippen LogP contribution >= 0.6 is 0 Å². The second-order valence-electron chi connectivity index (χ2n) is 3.51. The normalized spacial score (nSPS) is 20.2.